The van der Waals surface area contributed by atoms with Crippen LogP contribution in [0.25, 0.3) is 11.3 Å². The maximum atomic E-state index is 14.3. The van der Waals surface area contributed by atoms with Crippen molar-refractivity contribution < 1.29 is 13.9 Å². The topological polar surface area (TPSA) is 31.4 Å². The van der Waals surface area contributed by atoms with Crippen molar-refractivity contribution in [3.8, 4) is 17.0 Å². The summed E-state index contributed by atoms with van der Waals surface area (Å²) in [7, 11) is 1.57. The van der Waals surface area contributed by atoms with Gasteiger partial charge in [0.25, 0.3) is 0 Å². The highest BCUT2D eigenvalue weighted by Gasteiger charge is 2.15. The van der Waals surface area contributed by atoms with Crippen LogP contribution in [-0.4, -0.2) is 25.3 Å². The summed E-state index contributed by atoms with van der Waals surface area (Å²) in [6.07, 6.45) is 0.703. The first kappa shape index (κ1) is 17.9. The van der Waals surface area contributed by atoms with E-state index < -0.39 is 5.82 Å². The van der Waals surface area contributed by atoms with Crippen LogP contribution >= 0.6 is 22.9 Å². The van der Waals surface area contributed by atoms with Crippen molar-refractivity contribution in [2.75, 3.05) is 20.3 Å². The number of nitrogens with zero attached hydrogens (tertiary/aromatic N) is 1. The molecule has 0 saturated carbocycles. The van der Waals surface area contributed by atoms with E-state index in [1.54, 1.807) is 19.2 Å². The van der Waals surface area contributed by atoms with Crippen molar-refractivity contribution in [1.82, 2.24) is 4.98 Å². The van der Waals surface area contributed by atoms with Crippen LogP contribution in [0, 0.1) is 5.82 Å². The van der Waals surface area contributed by atoms with Gasteiger partial charge >= 0.3 is 0 Å². The number of rotatable bonds is 7. The van der Waals surface area contributed by atoms with E-state index in [2.05, 4.69) is 4.98 Å². The smallest absolute Gasteiger partial charge is 0.184 e. The Labute approximate surface area is 155 Å². The van der Waals surface area contributed by atoms with E-state index in [9.17, 15) is 4.39 Å². The zero-order chi connectivity index (χ0) is 17.6. The summed E-state index contributed by atoms with van der Waals surface area (Å²) in [5.74, 6) is -0.227. The Bertz CT molecular complexity index is 839. The second-order valence-electron chi connectivity index (χ2n) is 5.39. The first-order valence-electron chi connectivity index (χ1n) is 7.78. The molecule has 1 heterocycles. The quantitative estimate of drug-likeness (QED) is 0.529. The van der Waals surface area contributed by atoms with Crippen LogP contribution in [0.15, 0.2) is 48.5 Å². The van der Waals surface area contributed by atoms with Gasteiger partial charge in [0.2, 0.25) is 0 Å². The van der Waals surface area contributed by atoms with Gasteiger partial charge in [-0.1, -0.05) is 41.9 Å². The lowest BCUT2D eigenvalue weighted by Gasteiger charge is -2.08. The van der Waals surface area contributed by atoms with Crippen molar-refractivity contribution >= 4 is 22.9 Å². The number of methoxy groups -OCH3 is 1. The summed E-state index contributed by atoms with van der Waals surface area (Å²) in [4.78, 5) is 5.38. The van der Waals surface area contributed by atoms with Gasteiger partial charge in [-0.15, -0.1) is 11.3 Å². The molecular weight excluding hydrogens is 361 g/mol. The molecule has 0 fully saturated rings. The lowest BCUT2D eigenvalue weighted by Crippen LogP contribution is -2.05. The van der Waals surface area contributed by atoms with Crippen molar-refractivity contribution in [2.45, 2.75) is 6.42 Å². The number of thiazole rings is 1. The highest BCUT2D eigenvalue weighted by molar-refractivity contribution is 7.16. The third kappa shape index (κ3) is 4.57. The number of benzene rings is 2. The molecule has 0 spiro atoms. The van der Waals surface area contributed by atoms with Gasteiger partial charge in [0, 0.05) is 24.0 Å². The zero-order valence-corrected chi connectivity index (χ0v) is 15.2. The van der Waals surface area contributed by atoms with Crippen LogP contribution in [0.5, 0.6) is 5.75 Å². The fraction of sp³-hybridized carbons (Fsp3) is 0.211. The minimum Gasteiger partial charge on any atom is -0.488 e. The van der Waals surface area contributed by atoms with Crippen molar-refractivity contribution in [3.63, 3.8) is 0 Å². The van der Waals surface area contributed by atoms with Gasteiger partial charge in [0.15, 0.2) is 16.0 Å². The normalized spacial score (nSPS) is 10.8. The fourth-order valence-electron chi connectivity index (χ4n) is 2.45. The third-order valence-corrected chi connectivity index (χ3v) is 4.79. The summed E-state index contributed by atoms with van der Waals surface area (Å²) >= 11 is 7.53. The predicted molar refractivity (Wildman–Crippen MR) is 99.1 cm³/mol. The van der Waals surface area contributed by atoms with Crippen LogP contribution in [-0.2, 0) is 11.2 Å². The molecule has 0 aliphatic carbocycles. The first-order valence-corrected chi connectivity index (χ1v) is 8.97. The van der Waals surface area contributed by atoms with Gasteiger partial charge in [-0.3, -0.25) is 0 Å². The van der Waals surface area contributed by atoms with E-state index in [0.717, 1.165) is 10.4 Å². The van der Waals surface area contributed by atoms with Gasteiger partial charge in [-0.2, -0.15) is 0 Å². The lowest BCUT2D eigenvalue weighted by molar-refractivity contribution is 0.144. The Kier molecular flexibility index (Phi) is 6.02. The van der Waals surface area contributed by atoms with Crippen molar-refractivity contribution in [2.24, 2.45) is 0 Å². The lowest BCUT2D eigenvalue weighted by atomic mass is 10.1. The number of ether oxygens (including phenoxy) is 2. The van der Waals surface area contributed by atoms with Crippen LogP contribution < -0.4 is 4.74 Å². The summed E-state index contributed by atoms with van der Waals surface area (Å²) < 4.78 is 25.0. The Balaban J connectivity index is 1.85. The molecule has 0 aliphatic rings. The summed E-state index contributed by atoms with van der Waals surface area (Å²) in [5, 5.41) is 0. The van der Waals surface area contributed by atoms with E-state index >= 15 is 0 Å². The first-order chi connectivity index (χ1) is 12.2. The van der Waals surface area contributed by atoms with Crippen molar-refractivity contribution in [1.29, 1.82) is 0 Å². The molecule has 2 aromatic carbocycles. The monoisotopic (exact) mass is 377 g/mol. The second kappa shape index (κ2) is 8.43. The summed E-state index contributed by atoms with van der Waals surface area (Å²) in [6.45, 7) is 0.707. The second-order valence-corrected chi connectivity index (χ2v) is 7.05. The molecule has 3 rings (SSSR count). The minimum atomic E-state index is -0.427. The molecule has 0 saturated heterocycles. The van der Waals surface area contributed by atoms with Gasteiger partial charge in [0.1, 0.15) is 6.61 Å². The Morgan fingerprint density at radius 3 is 2.64 bits per heavy atom. The Hall–Kier alpha value is -1.95. The Morgan fingerprint density at radius 1 is 1.12 bits per heavy atom. The molecule has 0 atom stereocenters. The highest BCUT2D eigenvalue weighted by Crippen LogP contribution is 2.34. The van der Waals surface area contributed by atoms with E-state index in [4.69, 9.17) is 21.1 Å². The molecule has 130 valence electrons. The standard InChI is InChI=1S/C19H17ClFNO2S/c1-23-9-10-24-16-8-7-14(12-15(16)21)18-17(25-19(20)22-18)11-13-5-3-2-4-6-13/h2-8,12H,9-11H2,1H3. The molecule has 25 heavy (non-hydrogen) atoms. The average molecular weight is 378 g/mol. The summed E-state index contributed by atoms with van der Waals surface area (Å²) in [6, 6.07) is 14.9. The van der Waals surface area contributed by atoms with Gasteiger partial charge in [-0.05, 0) is 23.8 Å². The molecule has 0 N–H and O–H groups in total. The van der Waals surface area contributed by atoms with E-state index in [-0.39, 0.29) is 5.75 Å². The molecular formula is C19H17ClFNO2S. The van der Waals surface area contributed by atoms with Crippen molar-refractivity contribution in [3.05, 3.63) is 69.3 Å². The third-order valence-electron chi connectivity index (χ3n) is 3.63. The predicted octanol–water partition coefficient (Wildman–Crippen LogP) is 5.22. The molecule has 0 radical (unpaired) electrons. The van der Waals surface area contributed by atoms with E-state index in [1.165, 1.54) is 17.4 Å². The van der Waals surface area contributed by atoms with E-state index in [0.29, 0.717) is 35.4 Å². The molecule has 0 bridgehead atoms. The summed E-state index contributed by atoms with van der Waals surface area (Å²) in [5.41, 5.74) is 2.55. The fourth-order valence-corrected chi connectivity index (χ4v) is 3.65. The highest BCUT2D eigenvalue weighted by atomic mass is 35.5. The molecule has 0 amide bonds. The maximum absolute atomic E-state index is 14.3. The van der Waals surface area contributed by atoms with Crippen LogP contribution in [0.2, 0.25) is 4.47 Å². The molecule has 0 unspecified atom stereocenters. The van der Waals surface area contributed by atoms with Gasteiger partial charge in [0.05, 0.1) is 12.3 Å². The molecule has 3 aromatic rings. The van der Waals surface area contributed by atoms with E-state index in [1.807, 2.05) is 30.3 Å². The largest absolute Gasteiger partial charge is 0.488 e. The average Bonchev–Trinajstić information content (AvgIpc) is 2.97. The number of hydrogen-bond acceptors (Lipinski definition) is 4. The van der Waals surface area contributed by atoms with Crippen LogP contribution in [0.1, 0.15) is 10.4 Å². The maximum Gasteiger partial charge on any atom is 0.184 e. The number of hydrogen-bond donors (Lipinski definition) is 0. The van der Waals surface area contributed by atoms with Gasteiger partial charge in [-0.25, -0.2) is 9.37 Å². The minimum absolute atomic E-state index is 0.201. The number of halogens is 2. The SMILES string of the molecule is COCCOc1ccc(-c2nc(Cl)sc2Cc2ccccc2)cc1F. The number of aromatic nitrogens is 1. The van der Waals surface area contributed by atoms with Crippen LogP contribution in [0.4, 0.5) is 4.39 Å². The van der Waals surface area contributed by atoms with Crippen LogP contribution in [0.3, 0.4) is 0 Å². The molecule has 6 heteroatoms. The molecule has 1 aromatic heterocycles. The molecule has 3 nitrogen and oxygen atoms in total. The molecule has 0 aliphatic heterocycles. The zero-order valence-electron chi connectivity index (χ0n) is 13.7. The van der Waals surface area contributed by atoms with Gasteiger partial charge < -0.3 is 9.47 Å². The Morgan fingerprint density at radius 2 is 1.92 bits per heavy atom.